The van der Waals surface area contributed by atoms with Crippen LogP contribution in [-0.4, -0.2) is 38.3 Å². The lowest BCUT2D eigenvalue weighted by Gasteiger charge is -2.41. The molecular weight excluding hydrogens is 486 g/mol. The average Bonchev–Trinajstić information content (AvgIpc) is 3.47. The third-order valence-corrected chi connectivity index (χ3v) is 12.6. The summed E-state index contributed by atoms with van der Waals surface area (Å²) in [6, 6.07) is 12.4. The summed E-state index contributed by atoms with van der Waals surface area (Å²) >= 11 is 1.41. The fourth-order valence-electron chi connectivity index (χ4n) is 4.87. The molecule has 1 aromatic carbocycles. The molecule has 0 amide bonds. The van der Waals surface area contributed by atoms with Crippen LogP contribution in [0.15, 0.2) is 53.4 Å². The van der Waals surface area contributed by atoms with E-state index in [-0.39, 0.29) is 5.75 Å². The number of carbonyl (C=O) groups is 1. The Bertz CT molecular complexity index is 1240. The van der Waals surface area contributed by atoms with Gasteiger partial charge in [0.2, 0.25) is 0 Å². The summed E-state index contributed by atoms with van der Waals surface area (Å²) in [5, 5.41) is 10.3. The monoisotopic (exact) mass is 517 g/mol. The number of rotatable bonds is 8. The van der Waals surface area contributed by atoms with Gasteiger partial charge in [-0.15, -0.1) is 11.3 Å². The van der Waals surface area contributed by atoms with Crippen molar-refractivity contribution in [2.24, 2.45) is 5.92 Å². The van der Waals surface area contributed by atoms with Crippen LogP contribution in [0.1, 0.15) is 30.6 Å². The minimum absolute atomic E-state index is 0.0445. The highest BCUT2D eigenvalue weighted by Crippen LogP contribution is 2.51. The minimum atomic E-state index is -3.63. The highest BCUT2D eigenvalue weighted by atomic mass is 32.2. The van der Waals surface area contributed by atoms with Crippen LogP contribution >= 0.6 is 11.3 Å². The maximum atomic E-state index is 13.6. The molecule has 4 rings (SSSR count). The number of aliphatic carboxylic acids is 1. The molecule has 0 saturated carbocycles. The molecule has 2 atom stereocenters. The number of carboxylic acid groups (broad SMARTS) is 1. The van der Waals surface area contributed by atoms with E-state index in [0.717, 1.165) is 28.5 Å². The van der Waals surface area contributed by atoms with Crippen LogP contribution in [0.2, 0.25) is 25.7 Å². The summed E-state index contributed by atoms with van der Waals surface area (Å²) < 4.78 is 31.3. The first kappa shape index (κ1) is 24.9. The van der Waals surface area contributed by atoms with E-state index in [4.69, 9.17) is 4.42 Å². The van der Waals surface area contributed by atoms with E-state index in [2.05, 4.69) is 24.6 Å². The molecule has 1 N–H and O–H groups in total. The van der Waals surface area contributed by atoms with Crippen LogP contribution in [0.4, 0.5) is 0 Å². The van der Waals surface area contributed by atoms with Crippen molar-refractivity contribution in [2.45, 2.75) is 56.1 Å². The molecule has 1 unspecified atom stereocenters. The Hall–Kier alpha value is -2.23. The molecular formula is C25H31NO5S2Si. The molecule has 34 heavy (non-hydrogen) atoms. The summed E-state index contributed by atoms with van der Waals surface area (Å²) in [6.45, 7) is 6.58. The van der Waals surface area contributed by atoms with Crippen molar-refractivity contribution in [3.8, 4) is 21.8 Å². The fourth-order valence-corrected chi connectivity index (χ4v) is 10.1. The van der Waals surface area contributed by atoms with Crippen molar-refractivity contribution in [1.29, 1.82) is 0 Å². The molecule has 9 heteroatoms. The van der Waals surface area contributed by atoms with E-state index in [1.54, 1.807) is 6.20 Å². The summed E-state index contributed by atoms with van der Waals surface area (Å²) in [5.74, 6) is -1.22. The van der Waals surface area contributed by atoms with E-state index >= 15 is 0 Å². The third kappa shape index (κ3) is 4.78. The van der Waals surface area contributed by atoms with Gasteiger partial charge in [0.1, 0.15) is 4.75 Å². The van der Waals surface area contributed by atoms with Crippen LogP contribution in [-0.2, 0) is 19.4 Å². The zero-order valence-corrected chi connectivity index (χ0v) is 22.4. The zero-order valence-electron chi connectivity index (χ0n) is 19.8. The standard InChI is InChI=1S/C25H31NO5S2Si/c1-34(2,3)15-12-20(24(27)28)25(13-4-5-14-33(25,29)30)23-11-10-22(32-23)19-8-6-18(7-9-19)21-16-26-17-31-21/h6-11,16-17,20H,4-5,12-15H2,1-3H3,(H,27,28)/t20?,25-/m0/s1. The Morgan fingerprint density at radius 1 is 1.15 bits per heavy atom. The van der Waals surface area contributed by atoms with Crippen molar-refractivity contribution in [1.82, 2.24) is 4.98 Å². The van der Waals surface area contributed by atoms with Crippen molar-refractivity contribution >= 4 is 35.2 Å². The summed E-state index contributed by atoms with van der Waals surface area (Å²) in [5.41, 5.74) is 1.86. The molecule has 0 radical (unpaired) electrons. The number of sulfone groups is 1. The molecule has 6 nitrogen and oxygen atoms in total. The summed E-state index contributed by atoms with van der Waals surface area (Å²) in [4.78, 5) is 18.1. The van der Waals surface area contributed by atoms with Gasteiger partial charge in [0.25, 0.3) is 0 Å². The predicted molar refractivity (Wildman–Crippen MR) is 138 cm³/mol. The van der Waals surface area contributed by atoms with Gasteiger partial charge in [0.15, 0.2) is 22.0 Å². The zero-order chi connectivity index (χ0) is 24.6. The fraction of sp³-hybridized carbons (Fsp3) is 0.440. The number of oxazole rings is 1. The Balaban J connectivity index is 1.74. The first-order chi connectivity index (χ1) is 16.0. The molecule has 0 spiro atoms. The number of benzene rings is 1. The van der Waals surface area contributed by atoms with Crippen molar-refractivity contribution < 1.29 is 22.7 Å². The first-order valence-electron chi connectivity index (χ1n) is 11.6. The van der Waals surface area contributed by atoms with E-state index in [9.17, 15) is 18.3 Å². The second kappa shape index (κ2) is 9.43. The van der Waals surface area contributed by atoms with Gasteiger partial charge in [-0.3, -0.25) is 4.79 Å². The van der Waals surface area contributed by atoms with Crippen molar-refractivity contribution in [3.63, 3.8) is 0 Å². The van der Waals surface area contributed by atoms with Gasteiger partial charge in [-0.25, -0.2) is 13.4 Å². The number of carboxylic acids is 1. The average molecular weight is 518 g/mol. The lowest BCUT2D eigenvalue weighted by molar-refractivity contribution is -0.143. The van der Waals surface area contributed by atoms with Crippen LogP contribution < -0.4 is 0 Å². The molecule has 2 aromatic heterocycles. The van der Waals surface area contributed by atoms with Gasteiger partial charge < -0.3 is 9.52 Å². The lowest BCUT2D eigenvalue weighted by Crippen LogP contribution is -2.49. The highest BCUT2D eigenvalue weighted by molar-refractivity contribution is 7.92. The third-order valence-electron chi connectivity index (χ3n) is 6.72. The number of hydrogen-bond donors (Lipinski definition) is 1. The van der Waals surface area contributed by atoms with Crippen LogP contribution in [0.3, 0.4) is 0 Å². The second-order valence-electron chi connectivity index (χ2n) is 10.3. The molecule has 1 aliphatic rings. The molecule has 182 valence electrons. The van der Waals surface area contributed by atoms with Gasteiger partial charge in [0, 0.05) is 23.4 Å². The lowest BCUT2D eigenvalue weighted by atomic mass is 9.83. The molecule has 1 aliphatic heterocycles. The van der Waals surface area contributed by atoms with Gasteiger partial charge in [-0.1, -0.05) is 56.4 Å². The van der Waals surface area contributed by atoms with Crippen molar-refractivity contribution in [3.05, 3.63) is 53.9 Å². The quantitative estimate of drug-likeness (QED) is 0.353. The van der Waals surface area contributed by atoms with Crippen LogP contribution in [0.25, 0.3) is 21.8 Å². The topological polar surface area (TPSA) is 97.5 Å². The molecule has 1 fully saturated rings. The maximum Gasteiger partial charge on any atom is 0.308 e. The molecule has 0 aliphatic carbocycles. The van der Waals surface area contributed by atoms with E-state index < -0.39 is 34.5 Å². The minimum Gasteiger partial charge on any atom is -0.481 e. The van der Waals surface area contributed by atoms with Crippen LogP contribution in [0, 0.1) is 5.92 Å². The Morgan fingerprint density at radius 3 is 2.44 bits per heavy atom. The number of thiophene rings is 1. The smallest absolute Gasteiger partial charge is 0.308 e. The van der Waals surface area contributed by atoms with Gasteiger partial charge in [-0.2, -0.15) is 0 Å². The van der Waals surface area contributed by atoms with Gasteiger partial charge >= 0.3 is 5.97 Å². The van der Waals surface area contributed by atoms with Gasteiger partial charge in [-0.05, 0) is 37.0 Å². The summed E-state index contributed by atoms with van der Waals surface area (Å²) in [7, 11) is -5.18. The largest absolute Gasteiger partial charge is 0.481 e. The Morgan fingerprint density at radius 2 is 1.85 bits per heavy atom. The number of nitrogens with zero attached hydrogens (tertiary/aromatic N) is 1. The Labute approximate surface area is 206 Å². The maximum absolute atomic E-state index is 13.6. The van der Waals surface area contributed by atoms with E-state index in [1.807, 2.05) is 36.4 Å². The number of aromatic nitrogens is 1. The van der Waals surface area contributed by atoms with E-state index in [1.165, 1.54) is 17.7 Å². The Kier molecular flexibility index (Phi) is 6.90. The predicted octanol–water partition coefficient (Wildman–Crippen LogP) is 6.29. The van der Waals surface area contributed by atoms with Crippen LogP contribution in [0.5, 0.6) is 0 Å². The number of hydrogen-bond acceptors (Lipinski definition) is 6. The van der Waals surface area contributed by atoms with Gasteiger partial charge in [0.05, 0.1) is 17.9 Å². The first-order valence-corrected chi connectivity index (χ1v) is 17.8. The second-order valence-corrected chi connectivity index (χ2v) is 19.3. The normalized spacial score (nSPS) is 21.3. The molecule has 3 aromatic rings. The molecule has 3 heterocycles. The van der Waals surface area contributed by atoms with Crippen molar-refractivity contribution in [2.75, 3.05) is 5.75 Å². The van der Waals surface area contributed by atoms with E-state index in [0.29, 0.717) is 29.9 Å². The summed E-state index contributed by atoms with van der Waals surface area (Å²) in [6.07, 6.45) is 5.11. The highest BCUT2D eigenvalue weighted by Gasteiger charge is 2.56. The molecule has 1 saturated heterocycles. The molecule has 0 bridgehead atoms. The SMILES string of the molecule is C[Si](C)(C)CCC(C(=O)O)[C@]1(c2ccc(-c3ccc(-c4cnco4)cc3)s2)CCCCS1(=O)=O.